The van der Waals surface area contributed by atoms with E-state index in [1.165, 1.54) is 23.5 Å². The van der Waals surface area contributed by atoms with Crippen LogP contribution in [0, 0.1) is 22.7 Å². The van der Waals surface area contributed by atoms with Gasteiger partial charge in [-0.05, 0) is 49.3 Å². The molecule has 1 unspecified atom stereocenters. The average Bonchev–Trinajstić information content (AvgIpc) is 3.29. The maximum atomic E-state index is 13.3. The van der Waals surface area contributed by atoms with Gasteiger partial charge in [-0.3, -0.25) is 9.69 Å². The number of Topliss-reactive ketones (excluding diaryl/α,β-unsaturated/α-hetero) is 1. The van der Waals surface area contributed by atoms with Crippen LogP contribution in [0.3, 0.4) is 0 Å². The molecule has 7 rings (SSSR count). The number of hydrogen-bond acceptors (Lipinski definition) is 7. The lowest BCUT2D eigenvalue weighted by Crippen LogP contribution is -2.38. The molecule has 188 valence electrons. The van der Waals surface area contributed by atoms with Crippen molar-refractivity contribution in [3.8, 4) is 12.1 Å². The Balaban J connectivity index is 1.55. The van der Waals surface area contributed by atoms with Crippen molar-refractivity contribution in [2.24, 2.45) is 5.73 Å². The third-order valence-corrected chi connectivity index (χ3v) is 9.15. The first-order chi connectivity index (χ1) is 17.7. The van der Waals surface area contributed by atoms with Crippen LogP contribution in [-0.2, 0) is 11.0 Å². The number of thiophene rings is 1. The summed E-state index contributed by atoms with van der Waals surface area (Å²) in [6.07, 6.45) is -1.15. The van der Waals surface area contributed by atoms with E-state index in [4.69, 9.17) is 5.73 Å². The van der Waals surface area contributed by atoms with Gasteiger partial charge >= 0.3 is 6.18 Å². The first-order valence-electron chi connectivity index (χ1n) is 12.2. The lowest BCUT2D eigenvalue weighted by atomic mass is 9.75. The normalized spacial score (nSPS) is 21.6. The third-order valence-electron chi connectivity index (χ3n) is 7.90. The van der Waals surface area contributed by atoms with Crippen LogP contribution in [-0.4, -0.2) is 18.9 Å². The van der Waals surface area contributed by atoms with Gasteiger partial charge in [-0.15, -0.1) is 0 Å². The number of ketones is 1. The average molecular weight is 522 g/mol. The minimum Gasteiger partial charge on any atom is -0.384 e. The number of benzene rings is 1. The second kappa shape index (κ2) is 8.39. The van der Waals surface area contributed by atoms with Gasteiger partial charge in [0.25, 0.3) is 0 Å². The number of alkyl halides is 3. The van der Waals surface area contributed by atoms with Crippen LogP contribution in [0.2, 0.25) is 0 Å². The number of carbonyl (C=O) groups is 1. The zero-order chi connectivity index (χ0) is 26.1. The molecule has 0 radical (unpaired) electrons. The number of allylic oxidation sites excluding steroid dienone is 3. The van der Waals surface area contributed by atoms with Crippen molar-refractivity contribution in [2.75, 3.05) is 22.9 Å². The molecule has 4 aliphatic heterocycles. The quantitative estimate of drug-likeness (QED) is 0.549. The molecule has 1 fully saturated rings. The Bertz CT molecular complexity index is 1460. The number of carbonyl (C=O) groups excluding carboxylic acids is 1. The molecule has 10 heteroatoms. The molecular weight excluding hydrogens is 499 g/mol. The first-order valence-corrected chi connectivity index (χ1v) is 13.0. The summed E-state index contributed by atoms with van der Waals surface area (Å²) >= 11 is 1.47. The second-order valence-electron chi connectivity index (χ2n) is 9.81. The van der Waals surface area contributed by atoms with E-state index >= 15 is 0 Å². The highest BCUT2D eigenvalue weighted by Gasteiger charge is 2.44. The molecule has 5 aliphatic rings. The number of piperidine rings is 1. The van der Waals surface area contributed by atoms with E-state index in [0.29, 0.717) is 46.2 Å². The van der Waals surface area contributed by atoms with Crippen LogP contribution < -0.4 is 15.5 Å². The summed E-state index contributed by atoms with van der Waals surface area (Å²) in [6.45, 7) is 1.86. The van der Waals surface area contributed by atoms with Gasteiger partial charge in [-0.2, -0.15) is 23.7 Å². The fourth-order valence-corrected chi connectivity index (χ4v) is 7.62. The van der Waals surface area contributed by atoms with Crippen LogP contribution in [0.4, 0.5) is 23.2 Å². The molecule has 2 N–H and O–H groups in total. The van der Waals surface area contributed by atoms with Crippen molar-refractivity contribution in [1.82, 2.24) is 0 Å². The summed E-state index contributed by atoms with van der Waals surface area (Å²) in [6, 6.07) is 9.08. The molecule has 37 heavy (non-hydrogen) atoms. The monoisotopic (exact) mass is 521 g/mol. The summed E-state index contributed by atoms with van der Waals surface area (Å²) < 4.78 is 39.6. The Kier molecular flexibility index (Phi) is 5.36. The van der Waals surface area contributed by atoms with Crippen LogP contribution in [0.25, 0.3) is 0 Å². The van der Waals surface area contributed by atoms with Crippen LogP contribution in [0.1, 0.15) is 66.2 Å². The molecule has 1 atom stereocenters. The number of nitrogens with zero attached hydrogens (tertiary/aromatic N) is 4. The molecular formula is C27H22F3N5OS. The summed E-state index contributed by atoms with van der Waals surface area (Å²) in [7, 11) is 0. The third kappa shape index (κ3) is 3.47. The Morgan fingerprint density at radius 3 is 2.35 bits per heavy atom. The molecule has 1 aromatic heterocycles. The van der Waals surface area contributed by atoms with Gasteiger partial charge in [0.1, 0.15) is 16.9 Å². The minimum atomic E-state index is -4.50. The van der Waals surface area contributed by atoms with E-state index < -0.39 is 17.7 Å². The first kappa shape index (κ1) is 23.6. The lowest BCUT2D eigenvalue weighted by molar-refractivity contribution is -0.137. The van der Waals surface area contributed by atoms with Gasteiger partial charge < -0.3 is 10.6 Å². The molecule has 0 amide bonds. The number of halogens is 3. The van der Waals surface area contributed by atoms with E-state index in [1.54, 1.807) is 4.90 Å². The lowest BCUT2D eigenvalue weighted by Gasteiger charge is -2.39. The van der Waals surface area contributed by atoms with Gasteiger partial charge in [-0.1, -0.05) is 23.5 Å². The molecule has 0 spiro atoms. The highest BCUT2D eigenvalue weighted by molar-refractivity contribution is 7.20. The summed E-state index contributed by atoms with van der Waals surface area (Å²) in [5.74, 6) is -0.587. The Morgan fingerprint density at radius 1 is 1.03 bits per heavy atom. The maximum absolute atomic E-state index is 13.3. The van der Waals surface area contributed by atoms with Crippen LogP contribution in [0.5, 0.6) is 0 Å². The standard InChI is InChI=1S/C27H22F3N5OS/c28-27(29,30)16-6-4-14(5-7-16)21-17(12-31)24(33)35(19-2-1-3-20(36)23(19)21)25-18(13-32)22-15-8-10-34(11-9-15)26(22)37-25/h4-7,15,21H,1-3,8-11,33H2. The van der Waals surface area contributed by atoms with E-state index in [1.807, 2.05) is 0 Å². The maximum Gasteiger partial charge on any atom is 0.416 e. The Labute approximate surface area is 215 Å². The molecule has 1 saturated heterocycles. The van der Waals surface area contributed by atoms with E-state index in [9.17, 15) is 28.5 Å². The highest BCUT2D eigenvalue weighted by atomic mass is 32.1. The zero-order valence-corrected chi connectivity index (χ0v) is 20.5. The number of rotatable bonds is 2. The smallest absolute Gasteiger partial charge is 0.384 e. The molecule has 0 saturated carbocycles. The fraction of sp³-hybridized carbons (Fsp3) is 0.370. The van der Waals surface area contributed by atoms with Gasteiger partial charge in [0, 0.05) is 36.3 Å². The van der Waals surface area contributed by atoms with Gasteiger partial charge in [0.15, 0.2) is 5.78 Å². The summed E-state index contributed by atoms with van der Waals surface area (Å²) in [4.78, 5) is 17.3. The van der Waals surface area contributed by atoms with Gasteiger partial charge in [0.05, 0.1) is 33.7 Å². The van der Waals surface area contributed by atoms with E-state index in [-0.39, 0.29) is 23.6 Å². The predicted octanol–water partition coefficient (Wildman–Crippen LogP) is 5.64. The molecule has 5 heterocycles. The number of fused-ring (bicyclic) bond motifs is 2. The number of hydrogen-bond donors (Lipinski definition) is 1. The van der Waals surface area contributed by atoms with Crippen molar-refractivity contribution in [2.45, 2.75) is 50.1 Å². The zero-order valence-electron chi connectivity index (χ0n) is 19.7. The summed E-state index contributed by atoms with van der Waals surface area (Å²) in [5.41, 5.74) is 8.94. The number of anilines is 2. The van der Waals surface area contributed by atoms with Crippen molar-refractivity contribution in [3.63, 3.8) is 0 Å². The summed E-state index contributed by atoms with van der Waals surface area (Å²) in [5, 5.41) is 22.1. The van der Waals surface area contributed by atoms with Crippen molar-refractivity contribution >= 4 is 27.1 Å². The highest BCUT2D eigenvalue weighted by Crippen LogP contribution is 2.55. The van der Waals surface area contributed by atoms with Crippen molar-refractivity contribution < 1.29 is 18.0 Å². The van der Waals surface area contributed by atoms with E-state index in [2.05, 4.69) is 17.0 Å². The molecule has 1 aliphatic carbocycles. The van der Waals surface area contributed by atoms with Crippen molar-refractivity contribution in [1.29, 1.82) is 10.5 Å². The molecule has 2 bridgehead atoms. The van der Waals surface area contributed by atoms with Crippen molar-refractivity contribution in [3.05, 3.63) is 69.2 Å². The number of nitrogens with two attached hydrogens (primary N) is 1. The predicted molar refractivity (Wildman–Crippen MR) is 133 cm³/mol. The minimum absolute atomic E-state index is 0.104. The van der Waals surface area contributed by atoms with Gasteiger partial charge in [-0.25, -0.2) is 0 Å². The van der Waals surface area contributed by atoms with Crippen LogP contribution >= 0.6 is 11.3 Å². The second-order valence-corrected chi connectivity index (χ2v) is 10.8. The molecule has 1 aromatic carbocycles. The van der Waals surface area contributed by atoms with Gasteiger partial charge in [0.2, 0.25) is 0 Å². The van der Waals surface area contributed by atoms with Crippen LogP contribution in [0.15, 0.2) is 46.9 Å². The Morgan fingerprint density at radius 2 is 1.73 bits per heavy atom. The molecule has 2 aromatic rings. The van der Waals surface area contributed by atoms with E-state index in [0.717, 1.165) is 48.6 Å². The Hall–Kier alpha value is -3.76. The SMILES string of the molecule is N#CC1=C(N)N(c2sc3c(c2C#N)C2CCN3CC2)C2=C(C(=O)CCC2)C1c1ccc(C(F)(F)F)cc1. The molecule has 6 nitrogen and oxygen atoms in total. The fourth-order valence-electron chi connectivity index (χ4n) is 6.19. The topological polar surface area (TPSA) is 97.2 Å². The largest absolute Gasteiger partial charge is 0.416 e. The number of nitriles is 2.